The van der Waals surface area contributed by atoms with Gasteiger partial charge in [-0.15, -0.1) is 24.0 Å². The number of hydrogen-bond donors (Lipinski definition) is 3. The van der Waals surface area contributed by atoms with Crippen LogP contribution in [0, 0.1) is 5.92 Å². The van der Waals surface area contributed by atoms with Crippen LogP contribution in [-0.2, 0) is 17.9 Å². The lowest BCUT2D eigenvalue weighted by Gasteiger charge is -2.13. The number of benzene rings is 1. The zero-order chi connectivity index (χ0) is 20.3. The third-order valence-electron chi connectivity index (χ3n) is 4.48. The summed E-state index contributed by atoms with van der Waals surface area (Å²) in [7, 11) is 0. The molecule has 1 fully saturated rings. The van der Waals surface area contributed by atoms with Crippen molar-refractivity contribution < 1.29 is 9.53 Å². The summed E-state index contributed by atoms with van der Waals surface area (Å²) in [6, 6.07) is 13.9. The van der Waals surface area contributed by atoms with Gasteiger partial charge in [-0.25, -0.2) is 9.98 Å². The van der Waals surface area contributed by atoms with Crippen molar-refractivity contribution in [2.75, 3.05) is 19.6 Å². The third kappa shape index (κ3) is 8.17. The molecule has 0 unspecified atom stereocenters. The Labute approximate surface area is 195 Å². The first-order chi connectivity index (χ1) is 14.3. The minimum absolute atomic E-state index is 0. The summed E-state index contributed by atoms with van der Waals surface area (Å²) in [5, 5.41) is 9.41. The molecule has 162 valence electrons. The number of hydrogen-bond acceptors (Lipinski definition) is 4. The number of aromatic nitrogens is 1. The molecule has 8 heteroatoms. The topological polar surface area (TPSA) is 87.6 Å². The van der Waals surface area contributed by atoms with Crippen LogP contribution in [0.5, 0.6) is 5.88 Å². The number of aliphatic imine (C=N–C) groups is 1. The van der Waals surface area contributed by atoms with Crippen LogP contribution in [-0.4, -0.2) is 36.5 Å². The Balaban J connectivity index is 0.00000320. The summed E-state index contributed by atoms with van der Waals surface area (Å²) >= 11 is 0. The molecule has 0 saturated heterocycles. The SMILES string of the molecule is CCNC(=NCc1cccnc1OCc1ccccc1)NCCNC(=O)C1CC1.I. The van der Waals surface area contributed by atoms with E-state index in [1.54, 1.807) is 6.20 Å². The van der Waals surface area contributed by atoms with Gasteiger partial charge in [0.2, 0.25) is 11.8 Å². The summed E-state index contributed by atoms with van der Waals surface area (Å²) in [5.41, 5.74) is 2.01. The van der Waals surface area contributed by atoms with Gasteiger partial charge in [-0.1, -0.05) is 36.4 Å². The van der Waals surface area contributed by atoms with Crippen molar-refractivity contribution in [1.82, 2.24) is 20.9 Å². The van der Waals surface area contributed by atoms with Gasteiger partial charge in [0.1, 0.15) is 6.61 Å². The Hall–Kier alpha value is -2.36. The molecule has 0 bridgehead atoms. The third-order valence-corrected chi connectivity index (χ3v) is 4.48. The summed E-state index contributed by atoms with van der Waals surface area (Å²) in [6.07, 6.45) is 3.76. The first-order valence-electron chi connectivity index (χ1n) is 10.2. The second-order valence-electron chi connectivity index (χ2n) is 6.93. The molecule has 1 aromatic carbocycles. The lowest BCUT2D eigenvalue weighted by molar-refractivity contribution is -0.122. The highest BCUT2D eigenvalue weighted by molar-refractivity contribution is 14.0. The van der Waals surface area contributed by atoms with E-state index in [0.717, 1.165) is 30.5 Å². The molecular formula is C22H30IN5O2. The van der Waals surface area contributed by atoms with Crippen LogP contribution in [0.15, 0.2) is 53.7 Å². The molecule has 0 spiro atoms. The monoisotopic (exact) mass is 523 g/mol. The maximum atomic E-state index is 11.7. The Morgan fingerprint density at radius 3 is 2.60 bits per heavy atom. The van der Waals surface area contributed by atoms with Crippen molar-refractivity contribution in [1.29, 1.82) is 0 Å². The van der Waals surface area contributed by atoms with Crippen LogP contribution in [0.25, 0.3) is 0 Å². The van der Waals surface area contributed by atoms with Crippen LogP contribution in [0.1, 0.15) is 30.9 Å². The maximum Gasteiger partial charge on any atom is 0.223 e. The molecule has 1 aliphatic carbocycles. The first-order valence-corrected chi connectivity index (χ1v) is 10.2. The van der Waals surface area contributed by atoms with Crippen molar-refractivity contribution >= 4 is 35.8 Å². The Morgan fingerprint density at radius 1 is 1.10 bits per heavy atom. The average molecular weight is 523 g/mol. The second-order valence-corrected chi connectivity index (χ2v) is 6.93. The number of nitrogens with one attached hydrogen (secondary N) is 3. The number of amides is 1. The molecule has 3 N–H and O–H groups in total. The fourth-order valence-corrected chi connectivity index (χ4v) is 2.76. The van der Waals surface area contributed by atoms with Gasteiger partial charge in [0, 0.05) is 37.3 Å². The average Bonchev–Trinajstić information content (AvgIpc) is 3.60. The molecule has 1 aromatic heterocycles. The highest BCUT2D eigenvalue weighted by Gasteiger charge is 2.28. The molecule has 7 nitrogen and oxygen atoms in total. The van der Waals surface area contributed by atoms with E-state index < -0.39 is 0 Å². The van der Waals surface area contributed by atoms with E-state index in [-0.39, 0.29) is 35.8 Å². The minimum Gasteiger partial charge on any atom is -0.473 e. The quantitative estimate of drug-likeness (QED) is 0.193. The maximum absolute atomic E-state index is 11.7. The number of nitrogens with zero attached hydrogens (tertiary/aromatic N) is 2. The summed E-state index contributed by atoms with van der Waals surface area (Å²) in [5.74, 6) is 1.68. The van der Waals surface area contributed by atoms with Crippen molar-refractivity contribution in [3.05, 3.63) is 59.8 Å². The van der Waals surface area contributed by atoms with Crippen molar-refractivity contribution in [2.24, 2.45) is 10.9 Å². The predicted octanol–water partition coefficient (Wildman–Crippen LogP) is 2.86. The molecule has 3 rings (SSSR count). The largest absolute Gasteiger partial charge is 0.473 e. The molecule has 0 aliphatic heterocycles. The van der Waals surface area contributed by atoms with Gasteiger partial charge in [-0.05, 0) is 31.4 Å². The standard InChI is InChI=1S/C22H29N5O2.HI/c1-2-23-22(26-14-13-24-20(28)18-10-11-18)27-15-19-9-6-12-25-21(19)29-16-17-7-4-3-5-8-17;/h3-9,12,18H,2,10-11,13-16H2,1H3,(H,24,28)(H2,23,26,27);1H. The summed E-state index contributed by atoms with van der Waals surface area (Å²) in [6.45, 7) is 4.89. The lowest BCUT2D eigenvalue weighted by atomic mass is 10.2. The minimum atomic E-state index is 0. The molecule has 1 amide bonds. The van der Waals surface area contributed by atoms with Gasteiger partial charge in [0.05, 0.1) is 6.54 Å². The van der Waals surface area contributed by atoms with Crippen molar-refractivity contribution in [3.8, 4) is 5.88 Å². The summed E-state index contributed by atoms with van der Waals surface area (Å²) in [4.78, 5) is 20.7. The number of carbonyl (C=O) groups is 1. The van der Waals surface area contributed by atoms with Gasteiger partial charge < -0.3 is 20.7 Å². The second kappa shape index (κ2) is 13.0. The van der Waals surface area contributed by atoms with E-state index in [4.69, 9.17) is 4.74 Å². The zero-order valence-electron chi connectivity index (χ0n) is 17.3. The van der Waals surface area contributed by atoms with Gasteiger partial charge >= 0.3 is 0 Å². The van der Waals surface area contributed by atoms with Crippen LogP contribution in [0.3, 0.4) is 0 Å². The zero-order valence-corrected chi connectivity index (χ0v) is 19.6. The van der Waals surface area contributed by atoms with E-state index in [0.29, 0.717) is 38.1 Å². The van der Waals surface area contributed by atoms with Crippen LogP contribution < -0.4 is 20.7 Å². The Bertz CT molecular complexity index is 812. The van der Waals surface area contributed by atoms with E-state index in [1.165, 1.54) is 0 Å². The highest BCUT2D eigenvalue weighted by atomic mass is 127. The van der Waals surface area contributed by atoms with Gasteiger partial charge in [-0.3, -0.25) is 4.79 Å². The highest BCUT2D eigenvalue weighted by Crippen LogP contribution is 2.28. The molecule has 1 aliphatic rings. The number of halogens is 1. The summed E-state index contributed by atoms with van der Waals surface area (Å²) < 4.78 is 5.90. The number of carbonyl (C=O) groups excluding carboxylic acids is 1. The number of rotatable bonds is 10. The predicted molar refractivity (Wildman–Crippen MR) is 129 cm³/mol. The normalized spacial score (nSPS) is 13.2. The number of pyridine rings is 1. The van der Waals surface area contributed by atoms with Crippen molar-refractivity contribution in [2.45, 2.75) is 32.9 Å². The van der Waals surface area contributed by atoms with Crippen molar-refractivity contribution in [3.63, 3.8) is 0 Å². The van der Waals surface area contributed by atoms with Gasteiger partial charge in [0.15, 0.2) is 5.96 Å². The Kier molecular flexibility index (Phi) is 10.4. The smallest absolute Gasteiger partial charge is 0.223 e. The number of guanidine groups is 1. The molecule has 1 heterocycles. The first kappa shape index (κ1) is 23.9. The molecule has 0 atom stereocenters. The molecular weight excluding hydrogens is 493 g/mol. The van der Waals surface area contributed by atoms with E-state index >= 15 is 0 Å². The fraction of sp³-hybridized carbons (Fsp3) is 0.409. The van der Waals surface area contributed by atoms with E-state index in [9.17, 15) is 4.79 Å². The van der Waals surface area contributed by atoms with E-state index in [2.05, 4.69) is 25.9 Å². The van der Waals surface area contributed by atoms with Crippen LogP contribution in [0.2, 0.25) is 0 Å². The number of ether oxygens (including phenoxy) is 1. The van der Waals surface area contributed by atoms with Gasteiger partial charge in [0.25, 0.3) is 0 Å². The molecule has 0 radical (unpaired) electrons. The van der Waals surface area contributed by atoms with Crippen LogP contribution >= 0.6 is 24.0 Å². The Morgan fingerprint density at radius 2 is 1.87 bits per heavy atom. The van der Waals surface area contributed by atoms with Crippen LogP contribution in [0.4, 0.5) is 0 Å². The fourth-order valence-electron chi connectivity index (χ4n) is 2.76. The molecule has 30 heavy (non-hydrogen) atoms. The molecule has 1 saturated carbocycles. The van der Waals surface area contributed by atoms with Gasteiger partial charge in [-0.2, -0.15) is 0 Å². The van der Waals surface area contributed by atoms with E-state index in [1.807, 2.05) is 49.4 Å². The lowest BCUT2D eigenvalue weighted by Crippen LogP contribution is -2.41. The molecule has 2 aromatic rings.